The van der Waals surface area contributed by atoms with E-state index in [-0.39, 0.29) is 0 Å². The third kappa shape index (κ3) is 5.10. The maximum absolute atomic E-state index is 2.42. The minimum Gasteiger partial charge on any atom is -0.310 e. The molecular formula is C50H33N. The van der Waals surface area contributed by atoms with Gasteiger partial charge in [-0.3, -0.25) is 0 Å². The molecule has 0 spiro atoms. The molecule has 1 heteroatoms. The lowest BCUT2D eigenvalue weighted by Crippen LogP contribution is -2.10. The maximum Gasteiger partial charge on any atom is 0.0473 e. The molecule has 0 bridgehead atoms. The quantitative estimate of drug-likeness (QED) is 0.168. The van der Waals surface area contributed by atoms with Crippen molar-refractivity contribution in [1.82, 2.24) is 0 Å². The Morgan fingerprint density at radius 2 is 0.686 bits per heavy atom. The molecule has 0 amide bonds. The van der Waals surface area contributed by atoms with Gasteiger partial charge in [0.25, 0.3) is 0 Å². The third-order valence-corrected chi connectivity index (χ3v) is 10.3. The number of rotatable bonds is 5. The topological polar surface area (TPSA) is 3.24 Å². The Balaban J connectivity index is 1.24. The fraction of sp³-hybridized carbons (Fsp3) is 0. The van der Waals surface area contributed by atoms with Gasteiger partial charge in [-0.2, -0.15) is 0 Å². The fourth-order valence-corrected chi connectivity index (χ4v) is 7.87. The minimum absolute atomic E-state index is 1.11. The first-order chi connectivity index (χ1) is 25.3. The summed E-state index contributed by atoms with van der Waals surface area (Å²) in [5, 5.41) is 12.6. The predicted molar refractivity (Wildman–Crippen MR) is 220 cm³/mol. The number of fused-ring (bicyclic) bond motifs is 8. The third-order valence-electron chi connectivity index (χ3n) is 10.3. The Kier molecular flexibility index (Phi) is 6.89. The van der Waals surface area contributed by atoms with Crippen LogP contribution in [0.3, 0.4) is 0 Å². The predicted octanol–water partition coefficient (Wildman–Crippen LogP) is 14.3. The number of nitrogens with zero attached hydrogens (tertiary/aromatic N) is 1. The van der Waals surface area contributed by atoms with Crippen LogP contribution in [0.5, 0.6) is 0 Å². The van der Waals surface area contributed by atoms with Gasteiger partial charge in [-0.05, 0) is 119 Å². The van der Waals surface area contributed by atoms with Crippen molar-refractivity contribution in [2.24, 2.45) is 0 Å². The molecule has 0 fully saturated rings. The first-order valence-corrected chi connectivity index (χ1v) is 17.6. The molecule has 0 aliphatic rings. The van der Waals surface area contributed by atoms with Crippen molar-refractivity contribution in [3.8, 4) is 22.3 Å². The summed E-state index contributed by atoms with van der Waals surface area (Å²) in [6, 6.07) is 73.2. The molecule has 238 valence electrons. The summed E-state index contributed by atoms with van der Waals surface area (Å²) < 4.78 is 0. The van der Waals surface area contributed by atoms with Gasteiger partial charge in [0.05, 0.1) is 0 Å². The van der Waals surface area contributed by atoms with Crippen molar-refractivity contribution >= 4 is 70.9 Å². The van der Waals surface area contributed by atoms with Crippen molar-refractivity contribution in [3.05, 3.63) is 200 Å². The molecule has 0 saturated carbocycles. The van der Waals surface area contributed by atoms with Gasteiger partial charge >= 0.3 is 0 Å². The highest BCUT2D eigenvalue weighted by molar-refractivity contribution is 6.27. The Morgan fingerprint density at radius 3 is 1.33 bits per heavy atom. The van der Waals surface area contributed by atoms with Crippen LogP contribution in [0.4, 0.5) is 17.1 Å². The van der Waals surface area contributed by atoms with Crippen molar-refractivity contribution in [2.45, 2.75) is 0 Å². The van der Waals surface area contributed by atoms with E-state index in [9.17, 15) is 0 Å². The van der Waals surface area contributed by atoms with Gasteiger partial charge in [0.1, 0.15) is 0 Å². The Labute approximate surface area is 297 Å². The Morgan fingerprint density at radius 1 is 0.235 bits per heavy atom. The van der Waals surface area contributed by atoms with Crippen LogP contribution in [-0.2, 0) is 0 Å². The molecule has 0 aliphatic heterocycles. The minimum atomic E-state index is 1.11. The monoisotopic (exact) mass is 647 g/mol. The zero-order valence-corrected chi connectivity index (χ0v) is 28.0. The van der Waals surface area contributed by atoms with Crippen LogP contribution in [0, 0.1) is 0 Å². The average molecular weight is 648 g/mol. The zero-order valence-electron chi connectivity index (χ0n) is 28.0. The summed E-state index contributed by atoms with van der Waals surface area (Å²) in [6.45, 7) is 0. The molecule has 0 heterocycles. The summed E-state index contributed by atoms with van der Waals surface area (Å²) >= 11 is 0. The molecule has 0 atom stereocenters. The number of hydrogen-bond acceptors (Lipinski definition) is 1. The number of anilines is 3. The van der Waals surface area contributed by atoms with Crippen molar-refractivity contribution in [1.29, 1.82) is 0 Å². The van der Waals surface area contributed by atoms with Crippen molar-refractivity contribution in [3.63, 3.8) is 0 Å². The highest BCUT2D eigenvalue weighted by Crippen LogP contribution is 2.43. The summed E-state index contributed by atoms with van der Waals surface area (Å²) in [5.74, 6) is 0. The molecule has 0 aromatic heterocycles. The van der Waals surface area contributed by atoms with Gasteiger partial charge in [0.15, 0.2) is 0 Å². The zero-order chi connectivity index (χ0) is 33.7. The van der Waals surface area contributed by atoms with E-state index in [0.717, 1.165) is 17.1 Å². The average Bonchev–Trinajstić information content (AvgIpc) is 3.21. The highest BCUT2D eigenvalue weighted by atomic mass is 15.1. The Hall–Kier alpha value is -6.70. The normalized spacial score (nSPS) is 11.5. The summed E-state index contributed by atoms with van der Waals surface area (Å²) in [4.78, 5) is 2.42. The molecule has 0 aliphatic carbocycles. The molecule has 0 N–H and O–H groups in total. The largest absolute Gasteiger partial charge is 0.310 e. The van der Waals surface area contributed by atoms with Gasteiger partial charge in [-0.1, -0.05) is 158 Å². The summed E-state index contributed by atoms with van der Waals surface area (Å²) in [5.41, 5.74) is 8.10. The van der Waals surface area contributed by atoms with E-state index in [1.807, 2.05) is 0 Å². The van der Waals surface area contributed by atoms with E-state index in [1.54, 1.807) is 0 Å². The molecule has 51 heavy (non-hydrogen) atoms. The van der Waals surface area contributed by atoms with Crippen LogP contribution in [0.2, 0.25) is 0 Å². The second-order valence-electron chi connectivity index (χ2n) is 13.4. The SMILES string of the molecule is c1ccc(-c2cc(-c3ccccc3)cc(N(c3ccc4ccccc4c3)c3ccc4c(ccc5ccc6ccc7ccccc7c6c54)c3)c2)cc1. The van der Waals surface area contributed by atoms with E-state index in [2.05, 4.69) is 205 Å². The van der Waals surface area contributed by atoms with Gasteiger partial charge in [0, 0.05) is 17.1 Å². The second kappa shape index (κ2) is 12.0. The van der Waals surface area contributed by atoms with E-state index in [0.29, 0.717) is 0 Å². The van der Waals surface area contributed by atoms with E-state index in [4.69, 9.17) is 0 Å². The van der Waals surface area contributed by atoms with Crippen LogP contribution >= 0.6 is 0 Å². The van der Waals surface area contributed by atoms with Crippen LogP contribution in [0.1, 0.15) is 0 Å². The second-order valence-corrected chi connectivity index (χ2v) is 13.4. The van der Waals surface area contributed by atoms with E-state index >= 15 is 0 Å². The molecule has 0 saturated heterocycles. The maximum atomic E-state index is 2.42. The van der Waals surface area contributed by atoms with Crippen LogP contribution in [-0.4, -0.2) is 0 Å². The van der Waals surface area contributed by atoms with E-state index < -0.39 is 0 Å². The lowest BCUT2D eigenvalue weighted by Gasteiger charge is -2.27. The molecule has 1 nitrogen and oxygen atoms in total. The van der Waals surface area contributed by atoms with Gasteiger partial charge in [-0.25, -0.2) is 0 Å². The van der Waals surface area contributed by atoms with Crippen molar-refractivity contribution in [2.75, 3.05) is 4.90 Å². The van der Waals surface area contributed by atoms with Crippen LogP contribution in [0.15, 0.2) is 200 Å². The molecular weight excluding hydrogens is 615 g/mol. The molecule has 0 unspecified atom stereocenters. The fourth-order valence-electron chi connectivity index (χ4n) is 7.87. The van der Waals surface area contributed by atoms with Crippen LogP contribution in [0.25, 0.3) is 76.1 Å². The van der Waals surface area contributed by atoms with E-state index in [1.165, 1.54) is 76.1 Å². The molecule has 10 aromatic rings. The van der Waals surface area contributed by atoms with Gasteiger partial charge < -0.3 is 4.90 Å². The lowest BCUT2D eigenvalue weighted by atomic mass is 9.92. The summed E-state index contributed by atoms with van der Waals surface area (Å²) in [6.07, 6.45) is 0. The van der Waals surface area contributed by atoms with Crippen molar-refractivity contribution < 1.29 is 0 Å². The number of hydrogen-bond donors (Lipinski definition) is 0. The van der Waals surface area contributed by atoms with Crippen LogP contribution < -0.4 is 4.90 Å². The molecule has 10 aromatic carbocycles. The first-order valence-electron chi connectivity index (χ1n) is 17.6. The molecule has 0 radical (unpaired) electrons. The molecule has 10 rings (SSSR count). The highest BCUT2D eigenvalue weighted by Gasteiger charge is 2.18. The first kappa shape index (κ1) is 29.2. The van der Waals surface area contributed by atoms with Gasteiger partial charge in [-0.15, -0.1) is 0 Å². The smallest absolute Gasteiger partial charge is 0.0473 e. The standard InChI is InChI=1S/C50H33N/c1-3-11-34(12-4-1)42-29-43(35-13-5-2-6-14-35)33-46(32-42)51(44-26-25-36-15-7-8-17-40(36)30-44)45-27-28-48-41(31-45)24-23-39-22-21-38-20-19-37-16-9-10-18-47(37)49(38)50(39)48/h1-33H. The Bertz CT molecular complexity index is 2840. The van der Waals surface area contributed by atoms with Gasteiger partial charge in [0.2, 0.25) is 0 Å². The lowest BCUT2D eigenvalue weighted by molar-refractivity contribution is 1.29. The number of benzene rings is 10. The summed E-state index contributed by atoms with van der Waals surface area (Å²) in [7, 11) is 0.